The summed E-state index contributed by atoms with van der Waals surface area (Å²) in [5.74, 6) is -0.547. The van der Waals surface area contributed by atoms with Crippen LogP contribution in [-0.4, -0.2) is 16.4 Å². The van der Waals surface area contributed by atoms with Crippen LogP contribution in [0.2, 0.25) is 0 Å². The van der Waals surface area contributed by atoms with Gasteiger partial charge in [0.2, 0.25) is 0 Å². The van der Waals surface area contributed by atoms with E-state index < -0.39 is 0 Å². The number of aryl methyl sites for hydroxylation is 1. The van der Waals surface area contributed by atoms with E-state index >= 15 is 0 Å². The third kappa shape index (κ3) is 1.99. The lowest BCUT2D eigenvalue weighted by Crippen LogP contribution is -2.30. The Morgan fingerprint density at radius 3 is 1.96 bits per heavy atom. The SMILES string of the molecule is Cc1ccc(-n2cccc2)c(N2C(=O)c3ccccc3C2=O)c1. The van der Waals surface area contributed by atoms with Gasteiger partial charge in [0.1, 0.15) is 0 Å². The standard InChI is InChI=1S/C19H14N2O2/c1-13-8-9-16(20-10-4-5-11-20)17(12-13)21-18(22)14-6-2-3-7-15(14)19(21)23/h2-12H,1H3. The predicted molar refractivity (Wildman–Crippen MR) is 88.1 cm³/mol. The first-order valence-electron chi connectivity index (χ1n) is 7.38. The van der Waals surface area contributed by atoms with E-state index in [4.69, 9.17) is 0 Å². The van der Waals surface area contributed by atoms with Gasteiger partial charge in [-0.3, -0.25) is 9.59 Å². The van der Waals surface area contributed by atoms with Crippen molar-refractivity contribution in [2.75, 3.05) is 4.90 Å². The van der Waals surface area contributed by atoms with Gasteiger partial charge in [0.05, 0.1) is 22.5 Å². The molecule has 0 N–H and O–H groups in total. The van der Waals surface area contributed by atoms with Gasteiger partial charge < -0.3 is 4.57 Å². The number of hydrogen-bond acceptors (Lipinski definition) is 2. The highest BCUT2D eigenvalue weighted by atomic mass is 16.2. The molecular weight excluding hydrogens is 288 g/mol. The zero-order valence-electron chi connectivity index (χ0n) is 12.6. The minimum Gasteiger partial charge on any atom is -0.322 e. The highest BCUT2D eigenvalue weighted by molar-refractivity contribution is 6.35. The molecule has 1 aromatic heterocycles. The summed E-state index contributed by atoms with van der Waals surface area (Å²) in [6, 6.07) is 16.5. The van der Waals surface area contributed by atoms with Crippen LogP contribution < -0.4 is 4.90 Å². The van der Waals surface area contributed by atoms with Crippen LogP contribution in [0.4, 0.5) is 5.69 Å². The lowest BCUT2D eigenvalue weighted by molar-refractivity contribution is 0.0926. The minimum absolute atomic E-state index is 0.274. The van der Waals surface area contributed by atoms with E-state index in [2.05, 4.69) is 0 Å². The van der Waals surface area contributed by atoms with Crippen LogP contribution in [0, 0.1) is 6.92 Å². The number of amides is 2. The first-order chi connectivity index (χ1) is 11.2. The fraction of sp³-hybridized carbons (Fsp3) is 0.0526. The lowest BCUT2D eigenvalue weighted by atomic mass is 10.1. The molecule has 0 bridgehead atoms. The summed E-state index contributed by atoms with van der Waals surface area (Å²) in [5, 5.41) is 0. The largest absolute Gasteiger partial charge is 0.322 e. The van der Waals surface area contributed by atoms with Crippen LogP contribution in [0.3, 0.4) is 0 Å². The fourth-order valence-electron chi connectivity index (χ4n) is 2.93. The summed E-state index contributed by atoms with van der Waals surface area (Å²) in [5.41, 5.74) is 3.31. The quantitative estimate of drug-likeness (QED) is 0.679. The summed E-state index contributed by atoms with van der Waals surface area (Å²) in [6.07, 6.45) is 3.79. The Balaban J connectivity index is 1.91. The van der Waals surface area contributed by atoms with Crippen LogP contribution >= 0.6 is 0 Å². The molecule has 1 aliphatic rings. The number of rotatable bonds is 2. The highest BCUT2D eigenvalue weighted by Crippen LogP contribution is 2.33. The van der Waals surface area contributed by atoms with Crippen molar-refractivity contribution >= 4 is 17.5 Å². The molecule has 0 radical (unpaired) electrons. The van der Waals surface area contributed by atoms with Gasteiger partial charge in [-0.05, 0) is 48.9 Å². The van der Waals surface area contributed by atoms with Gasteiger partial charge in [-0.1, -0.05) is 18.2 Å². The zero-order chi connectivity index (χ0) is 16.0. The van der Waals surface area contributed by atoms with Gasteiger partial charge in [-0.2, -0.15) is 0 Å². The van der Waals surface area contributed by atoms with Crippen LogP contribution in [0.25, 0.3) is 5.69 Å². The summed E-state index contributed by atoms with van der Waals surface area (Å²) in [4.78, 5) is 26.7. The smallest absolute Gasteiger partial charge is 0.266 e. The van der Waals surface area contributed by atoms with Crippen molar-refractivity contribution in [1.82, 2.24) is 4.57 Å². The Morgan fingerprint density at radius 1 is 0.739 bits per heavy atom. The van der Waals surface area contributed by atoms with E-state index in [1.54, 1.807) is 24.3 Å². The van der Waals surface area contributed by atoms with Gasteiger partial charge in [0.25, 0.3) is 11.8 Å². The average molecular weight is 302 g/mol. The molecule has 0 atom stereocenters. The van der Waals surface area contributed by atoms with E-state index in [-0.39, 0.29) is 11.8 Å². The second-order valence-corrected chi connectivity index (χ2v) is 5.57. The second kappa shape index (κ2) is 4.95. The maximum absolute atomic E-state index is 12.7. The molecule has 0 aliphatic carbocycles. The molecule has 0 saturated carbocycles. The molecule has 4 rings (SSSR count). The number of carbonyl (C=O) groups excluding carboxylic acids is 2. The fourth-order valence-corrected chi connectivity index (χ4v) is 2.93. The third-order valence-corrected chi connectivity index (χ3v) is 4.05. The number of hydrogen-bond donors (Lipinski definition) is 0. The van der Waals surface area contributed by atoms with Crippen LogP contribution in [0.1, 0.15) is 26.3 Å². The second-order valence-electron chi connectivity index (χ2n) is 5.57. The zero-order valence-corrected chi connectivity index (χ0v) is 12.6. The molecule has 0 spiro atoms. The number of fused-ring (bicyclic) bond motifs is 1. The lowest BCUT2D eigenvalue weighted by Gasteiger charge is -2.19. The molecule has 2 amide bonds. The Labute approximate surface area is 133 Å². The average Bonchev–Trinajstić information content (AvgIpc) is 3.16. The Bertz CT molecular complexity index is 891. The molecule has 2 heterocycles. The topological polar surface area (TPSA) is 42.3 Å². The first-order valence-corrected chi connectivity index (χ1v) is 7.38. The van der Waals surface area contributed by atoms with Crippen molar-refractivity contribution in [2.45, 2.75) is 6.92 Å². The number of nitrogens with zero attached hydrogens (tertiary/aromatic N) is 2. The van der Waals surface area contributed by atoms with E-state index in [1.807, 2.05) is 54.2 Å². The number of benzene rings is 2. The van der Waals surface area contributed by atoms with Crippen molar-refractivity contribution in [2.24, 2.45) is 0 Å². The maximum Gasteiger partial charge on any atom is 0.266 e. The van der Waals surface area contributed by atoms with E-state index in [9.17, 15) is 9.59 Å². The van der Waals surface area contributed by atoms with Crippen molar-refractivity contribution < 1.29 is 9.59 Å². The summed E-state index contributed by atoms with van der Waals surface area (Å²) < 4.78 is 1.90. The molecule has 0 fully saturated rings. The van der Waals surface area contributed by atoms with E-state index in [0.717, 1.165) is 11.3 Å². The minimum atomic E-state index is -0.274. The van der Waals surface area contributed by atoms with Gasteiger partial charge in [-0.15, -0.1) is 0 Å². The number of aromatic nitrogens is 1. The molecule has 4 heteroatoms. The van der Waals surface area contributed by atoms with Gasteiger partial charge in [-0.25, -0.2) is 4.90 Å². The van der Waals surface area contributed by atoms with Gasteiger partial charge in [0, 0.05) is 12.4 Å². The molecule has 112 valence electrons. The molecular formula is C19H14N2O2. The molecule has 1 aliphatic heterocycles. The van der Waals surface area contributed by atoms with Gasteiger partial charge >= 0.3 is 0 Å². The highest BCUT2D eigenvalue weighted by Gasteiger charge is 2.37. The normalized spacial score (nSPS) is 13.5. The molecule has 23 heavy (non-hydrogen) atoms. The van der Waals surface area contributed by atoms with Crippen molar-refractivity contribution in [3.63, 3.8) is 0 Å². The van der Waals surface area contributed by atoms with Crippen molar-refractivity contribution in [3.8, 4) is 5.69 Å². The van der Waals surface area contributed by atoms with Crippen LogP contribution in [-0.2, 0) is 0 Å². The monoisotopic (exact) mass is 302 g/mol. The Morgan fingerprint density at radius 2 is 1.35 bits per heavy atom. The van der Waals surface area contributed by atoms with E-state index in [1.165, 1.54) is 4.90 Å². The van der Waals surface area contributed by atoms with Crippen LogP contribution in [0.15, 0.2) is 67.0 Å². The number of carbonyl (C=O) groups is 2. The first kappa shape index (κ1) is 13.5. The molecule has 3 aromatic rings. The van der Waals surface area contributed by atoms with Gasteiger partial charge in [0.15, 0.2) is 0 Å². The van der Waals surface area contributed by atoms with Crippen molar-refractivity contribution in [1.29, 1.82) is 0 Å². The predicted octanol–water partition coefficient (Wildman–Crippen LogP) is 3.59. The van der Waals surface area contributed by atoms with Crippen molar-refractivity contribution in [3.05, 3.63) is 83.7 Å². The molecule has 2 aromatic carbocycles. The summed E-state index contributed by atoms with van der Waals surface area (Å²) >= 11 is 0. The number of imide groups is 1. The maximum atomic E-state index is 12.7. The molecule has 0 saturated heterocycles. The summed E-state index contributed by atoms with van der Waals surface area (Å²) in [6.45, 7) is 1.95. The molecule has 4 nitrogen and oxygen atoms in total. The Kier molecular flexibility index (Phi) is 2.91. The third-order valence-electron chi connectivity index (χ3n) is 4.05. The van der Waals surface area contributed by atoms with Crippen LogP contribution in [0.5, 0.6) is 0 Å². The molecule has 0 unspecified atom stereocenters. The Hall–Kier alpha value is -3.14. The summed E-state index contributed by atoms with van der Waals surface area (Å²) in [7, 11) is 0. The van der Waals surface area contributed by atoms with E-state index in [0.29, 0.717) is 16.8 Å². The number of anilines is 1.